The van der Waals surface area contributed by atoms with Crippen molar-refractivity contribution in [1.29, 1.82) is 0 Å². The van der Waals surface area contributed by atoms with E-state index in [1.165, 1.54) is 31.8 Å². The Morgan fingerprint density at radius 3 is 2.36 bits per heavy atom. The van der Waals surface area contributed by atoms with Crippen molar-refractivity contribution in [3.63, 3.8) is 0 Å². The highest BCUT2D eigenvalue weighted by molar-refractivity contribution is 7.98. The van der Waals surface area contributed by atoms with E-state index in [0.29, 0.717) is 0 Å². The molecule has 0 radical (unpaired) electrons. The van der Waals surface area contributed by atoms with Gasteiger partial charge in [0, 0.05) is 18.0 Å². The van der Waals surface area contributed by atoms with Gasteiger partial charge in [-0.25, -0.2) is 0 Å². The average molecular weight is 216 g/mol. The van der Waals surface area contributed by atoms with E-state index in [1.54, 1.807) is 0 Å². The molecule has 3 heteroatoms. The molecule has 1 aliphatic heterocycles. The minimum absolute atomic E-state index is 0.724. The van der Waals surface area contributed by atoms with E-state index in [9.17, 15) is 0 Å². The summed E-state index contributed by atoms with van der Waals surface area (Å²) in [6.45, 7) is 7.15. The first-order valence-electron chi connectivity index (χ1n) is 5.58. The summed E-state index contributed by atoms with van der Waals surface area (Å²) < 4.78 is 0. The second-order valence-corrected chi connectivity index (χ2v) is 5.37. The molecule has 0 saturated carbocycles. The van der Waals surface area contributed by atoms with Crippen LogP contribution < -0.4 is 0 Å². The maximum atomic E-state index is 2.59. The molecule has 0 aromatic heterocycles. The normalized spacial score (nSPS) is 21.0. The van der Waals surface area contributed by atoms with Crippen LogP contribution in [0.4, 0.5) is 0 Å². The van der Waals surface area contributed by atoms with Crippen LogP contribution in [0.5, 0.6) is 0 Å². The summed E-state index contributed by atoms with van der Waals surface area (Å²) in [5.41, 5.74) is 0. The van der Waals surface area contributed by atoms with Gasteiger partial charge in [-0.15, -0.1) is 11.8 Å². The van der Waals surface area contributed by atoms with Crippen molar-refractivity contribution in [3.8, 4) is 0 Å². The van der Waals surface area contributed by atoms with Crippen molar-refractivity contribution in [2.24, 2.45) is 0 Å². The molecular weight excluding hydrogens is 192 g/mol. The fourth-order valence-electron chi connectivity index (χ4n) is 2.15. The Morgan fingerprint density at radius 2 is 1.93 bits per heavy atom. The van der Waals surface area contributed by atoms with Crippen LogP contribution in [-0.4, -0.2) is 54.2 Å². The van der Waals surface area contributed by atoms with Gasteiger partial charge < -0.3 is 4.90 Å². The Balaban J connectivity index is 2.28. The highest BCUT2D eigenvalue weighted by Crippen LogP contribution is 2.18. The Morgan fingerprint density at radius 1 is 1.36 bits per heavy atom. The quantitative estimate of drug-likeness (QED) is 0.665. The lowest BCUT2D eigenvalue weighted by Crippen LogP contribution is -2.45. The predicted molar refractivity (Wildman–Crippen MR) is 65.9 cm³/mol. The van der Waals surface area contributed by atoms with Crippen molar-refractivity contribution in [1.82, 2.24) is 9.80 Å². The lowest BCUT2D eigenvalue weighted by atomic mass is 10.0. The molecule has 84 valence electrons. The van der Waals surface area contributed by atoms with Crippen molar-refractivity contribution in [3.05, 3.63) is 0 Å². The summed E-state index contributed by atoms with van der Waals surface area (Å²) in [7, 11) is 2.26. The predicted octanol–water partition coefficient (Wildman–Crippen LogP) is 2.11. The van der Waals surface area contributed by atoms with Crippen LogP contribution >= 0.6 is 11.8 Å². The number of hydrogen-bond donors (Lipinski definition) is 0. The highest BCUT2D eigenvalue weighted by atomic mass is 32.2. The minimum Gasteiger partial charge on any atom is -0.301 e. The molecule has 14 heavy (non-hydrogen) atoms. The van der Waals surface area contributed by atoms with Crippen LogP contribution in [0, 0.1) is 0 Å². The summed E-state index contributed by atoms with van der Waals surface area (Å²) in [6, 6.07) is 1.54. The number of nitrogens with zero attached hydrogens (tertiary/aromatic N) is 2. The molecule has 1 saturated heterocycles. The fourth-order valence-corrected chi connectivity index (χ4v) is 2.77. The lowest BCUT2D eigenvalue weighted by Gasteiger charge is -2.38. The van der Waals surface area contributed by atoms with E-state index in [1.807, 2.05) is 11.8 Å². The Bertz CT molecular complexity index is 153. The smallest absolute Gasteiger partial charge is 0.0441 e. The molecule has 0 spiro atoms. The van der Waals surface area contributed by atoms with Crippen LogP contribution in [0.3, 0.4) is 0 Å². The zero-order valence-corrected chi connectivity index (χ0v) is 10.8. The van der Waals surface area contributed by atoms with Crippen molar-refractivity contribution in [2.75, 3.05) is 32.3 Å². The molecule has 1 heterocycles. The summed E-state index contributed by atoms with van der Waals surface area (Å²) in [5.74, 6) is 1.17. The van der Waals surface area contributed by atoms with Gasteiger partial charge in [-0.05, 0) is 53.1 Å². The monoisotopic (exact) mass is 216 g/mol. The molecule has 2 nitrogen and oxygen atoms in total. The van der Waals surface area contributed by atoms with Gasteiger partial charge in [0.2, 0.25) is 0 Å². The van der Waals surface area contributed by atoms with Crippen LogP contribution in [0.15, 0.2) is 0 Å². The average Bonchev–Trinajstić information content (AvgIpc) is 2.18. The molecule has 0 atom stereocenters. The van der Waals surface area contributed by atoms with Gasteiger partial charge in [0.15, 0.2) is 0 Å². The summed E-state index contributed by atoms with van der Waals surface area (Å²) >= 11 is 1.92. The van der Waals surface area contributed by atoms with Gasteiger partial charge in [-0.1, -0.05) is 0 Å². The van der Waals surface area contributed by atoms with Gasteiger partial charge in [-0.2, -0.15) is 0 Å². The molecular formula is C11H24N2S. The number of thioether (sulfide) groups is 1. The van der Waals surface area contributed by atoms with Crippen LogP contribution in [0.25, 0.3) is 0 Å². The van der Waals surface area contributed by atoms with Crippen LogP contribution in [-0.2, 0) is 0 Å². The molecule has 0 aromatic carbocycles. The number of piperidine rings is 1. The van der Waals surface area contributed by atoms with E-state index < -0.39 is 0 Å². The molecule has 1 fully saturated rings. The molecule has 1 aliphatic rings. The zero-order chi connectivity index (χ0) is 10.6. The molecule has 0 N–H and O–H groups in total. The van der Waals surface area contributed by atoms with E-state index in [2.05, 4.69) is 37.0 Å². The number of rotatable bonds is 4. The van der Waals surface area contributed by atoms with Gasteiger partial charge in [0.1, 0.15) is 0 Å². The third kappa shape index (κ3) is 3.44. The molecule has 0 aromatic rings. The molecule has 1 rings (SSSR count). The Hall–Kier alpha value is 0.270. The second kappa shape index (κ2) is 5.99. The van der Waals surface area contributed by atoms with Gasteiger partial charge in [0.05, 0.1) is 0 Å². The van der Waals surface area contributed by atoms with Gasteiger partial charge in [-0.3, -0.25) is 4.90 Å². The summed E-state index contributed by atoms with van der Waals surface area (Å²) in [5, 5.41) is 0. The van der Waals surface area contributed by atoms with Crippen molar-refractivity contribution >= 4 is 11.8 Å². The number of likely N-dealkylation sites (tertiary alicyclic amines) is 1. The Labute approximate surface area is 93.0 Å². The fraction of sp³-hybridized carbons (Fsp3) is 1.00. The molecule has 0 unspecified atom stereocenters. The van der Waals surface area contributed by atoms with E-state index in [-0.39, 0.29) is 0 Å². The van der Waals surface area contributed by atoms with E-state index in [4.69, 9.17) is 0 Å². The van der Waals surface area contributed by atoms with Gasteiger partial charge in [0.25, 0.3) is 0 Å². The van der Waals surface area contributed by atoms with Crippen LogP contribution in [0.2, 0.25) is 0 Å². The maximum Gasteiger partial charge on any atom is 0.0441 e. The largest absolute Gasteiger partial charge is 0.301 e. The maximum absolute atomic E-state index is 2.59. The minimum atomic E-state index is 0.724. The van der Waals surface area contributed by atoms with E-state index in [0.717, 1.165) is 12.1 Å². The first-order chi connectivity index (χ1) is 6.65. The standard InChI is InChI=1S/C11H24N2S/c1-10(2)13-7-5-11(6-8-13)12(3)9-14-4/h10-11H,5-9H2,1-4H3. The van der Waals surface area contributed by atoms with E-state index >= 15 is 0 Å². The van der Waals surface area contributed by atoms with Crippen molar-refractivity contribution in [2.45, 2.75) is 38.8 Å². The topological polar surface area (TPSA) is 6.48 Å². The molecule has 0 amide bonds. The molecule has 0 aliphatic carbocycles. The lowest BCUT2D eigenvalue weighted by molar-refractivity contribution is 0.118. The highest BCUT2D eigenvalue weighted by Gasteiger charge is 2.22. The SMILES string of the molecule is CSCN(C)C1CCN(C(C)C)CC1. The second-order valence-electron chi connectivity index (χ2n) is 4.54. The third-order valence-electron chi connectivity index (χ3n) is 3.19. The van der Waals surface area contributed by atoms with Gasteiger partial charge >= 0.3 is 0 Å². The molecule has 0 bridgehead atoms. The first kappa shape index (κ1) is 12.3. The summed E-state index contributed by atoms with van der Waals surface area (Å²) in [4.78, 5) is 5.09. The summed E-state index contributed by atoms with van der Waals surface area (Å²) in [6.07, 6.45) is 4.87. The first-order valence-corrected chi connectivity index (χ1v) is 6.97. The van der Waals surface area contributed by atoms with Crippen molar-refractivity contribution < 1.29 is 0 Å². The zero-order valence-electron chi connectivity index (χ0n) is 9.99. The number of hydrogen-bond acceptors (Lipinski definition) is 3. The Kier molecular flexibility index (Phi) is 5.28. The third-order valence-corrected chi connectivity index (χ3v) is 3.85. The van der Waals surface area contributed by atoms with Crippen LogP contribution in [0.1, 0.15) is 26.7 Å².